The summed E-state index contributed by atoms with van der Waals surface area (Å²) in [5.41, 5.74) is 2.74. The summed E-state index contributed by atoms with van der Waals surface area (Å²) in [5.74, 6) is 0.295. The van der Waals surface area contributed by atoms with Crippen LogP contribution in [0.15, 0.2) is 23.3 Å². The monoisotopic (exact) mass is 360 g/mol. The van der Waals surface area contributed by atoms with Gasteiger partial charge in [-0.1, -0.05) is 17.2 Å². The van der Waals surface area contributed by atoms with Crippen LogP contribution in [-0.4, -0.2) is 60.5 Å². The highest BCUT2D eigenvalue weighted by atomic mass is 16.6. The number of esters is 1. The number of ether oxygens (including phenoxy) is 1. The number of carbonyl (C=O) groups is 2. The molecule has 3 rings (SSSR count). The average Bonchev–Trinajstić information content (AvgIpc) is 2.88. The van der Waals surface area contributed by atoms with E-state index in [1.807, 2.05) is 4.90 Å². The third-order valence-corrected chi connectivity index (χ3v) is 6.12. The van der Waals surface area contributed by atoms with Gasteiger partial charge in [0.2, 0.25) is 5.91 Å². The van der Waals surface area contributed by atoms with Crippen molar-refractivity contribution in [3.63, 3.8) is 0 Å². The Kier molecular flexibility index (Phi) is 6.17. The number of hydrogen-bond acceptors (Lipinski definition) is 4. The zero-order chi connectivity index (χ0) is 18.7. The van der Waals surface area contributed by atoms with Gasteiger partial charge in [0, 0.05) is 45.6 Å². The van der Waals surface area contributed by atoms with Gasteiger partial charge in [-0.25, -0.2) is 0 Å². The number of hydrogen-bond donors (Lipinski definition) is 0. The highest BCUT2D eigenvalue weighted by Crippen LogP contribution is 2.36. The van der Waals surface area contributed by atoms with E-state index in [-0.39, 0.29) is 29.8 Å². The Bertz CT molecular complexity index is 602. The van der Waals surface area contributed by atoms with Crippen molar-refractivity contribution < 1.29 is 14.3 Å². The number of carbonyl (C=O) groups excluding carboxylic acids is 2. The Balaban J connectivity index is 1.68. The van der Waals surface area contributed by atoms with E-state index in [9.17, 15) is 9.59 Å². The van der Waals surface area contributed by atoms with E-state index < -0.39 is 0 Å². The molecule has 0 radical (unpaired) electrons. The Morgan fingerprint density at radius 3 is 2.58 bits per heavy atom. The predicted molar refractivity (Wildman–Crippen MR) is 102 cm³/mol. The second-order valence-electron chi connectivity index (χ2n) is 8.12. The second kappa shape index (κ2) is 8.38. The molecule has 0 aromatic carbocycles. The molecule has 0 unspecified atom stereocenters. The first kappa shape index (κ1) is 19.2. The van der Waals surface area contributed by atoms with Gasteiger partial charge in [-0.15, -0.1) is 0 Å². The van der Waals surface area contributed by atoms with Gasteiger partial charge in [-0.05, 0) is 45.6 Å². The van der Waals surface area contributed by atoms with Gasteiger partial charge < -0.3 is 9.64 Å². The van der Waals surface area contributed by atoms with Crippen molar-refractivity contribution >= 4 is 11.9 Å². The van der Waals surface area contributed by atoms with Gasteiger partial charge in [-0.2, -0.15) is 0 Å². The van der Waals surface area contributed by atoms with E-state index in [4.69, 9.17) is 4.74 Å². The lowest BCUT2D eigenvalue weighted by Crippen LogP contribution is -2.50. The first-order valence-corrected chi connectivity index (χ1v) is 9.95. The molecule has 0 N–H and O–H groups in total. The highest BCUT2D eigenvalue weighted by molar-refractivity contribution is 5.76. The molecular weight excluding hydrogens is 328 g/mol. The first-order valence-electron chi connectivity index (χ1n) is 9.95. The summed E-state index contributed by atoms with van der Waals surface area (Å²) in [4.78, 5) is 28.3. The number of rotatable bonds is 2. The van der Waals surface area contributed by atoms with Gasteiger partial charge in [0.1, 0.15) is 6.10 Å². The molecule has 26 heavy (non-hydrogen) atoms. The molecular formula is C21H32N2O3. The lowest BCUT2D eigenvalue weighted by atomic mass is 9.83. The maximum absolute atomic E-state index is 12.6. The zero-order valence-corrected chi connectivity index (χ0v) is 16.4. The van der Waals surface area contributed by atoms with Crippen molar-refractivity contribution in [2.24, 2.45) is 11.8 Å². The van der Waals surface area contributed by atoms with Crippen molar-refractivity contribution in [3.05, 3.63) is 23.3 Å². The quantitative estimate of drug-likeness (QED) is 0.561. The number of amides is 1. The van der Waals surface area contributed by atoms with E-state index in [2.05, 4.69) is 30.9 Å². The van der Waals surface area contributed by atoms with E-state index in [0.29, 0.717) is 0 Å². The van der Waals surface area contributed by atoms with E-state index in [0.717, 1.165) is 58.4 Å². The number of piperazine rings is 1. The SMILES string of the molecule is CC(=O)N1CCN(C[C@@H]2C(=O)O[C@@H]3/C=C(\C)CC/C=C(\C)CC[C@@H]23)CC1. The fourth-order valence-corrected chi connectivity index (χ4v) is 4.38. The Hall–Kier alpha value is -1.62. The minimum atomic E-state index is -0.0723. The van der Waals surface area contributed by atoms with Crippen LogP contribution in [0, 0.1) is 11.8 Å². The lowest BCUT2D eigenvalue weighted by molar-refractivity contribution is -0.144. The third-order valence-electron chi connectivity index (χ3n) is 6.12. The van der Waals surface area contributed by atoms with E-state index >= 15 is 0 Å². The van der Waals surface area contributed by atoms with Crippen LogP contribution in [0.1, 0.15) is 46.5 Å². The Labute approximate surface area is 157 Å². The topological polar surface area (TPSA) is 49.9 Å². The van der Waals surface area contributed by atoms with Crippen molar-refractivity contribution in [3.8, 4) is 0 Å². The standard InChI is InChI=1S/C21H32N2O3/c1-15-5-4-6-16(2)13-20-18(8-7-15)19(21(25)26-20)14-22-9-11-23(12-10-22)17(3)24/h5,13,18-20H,4,6-12,14H2,1-3H3/b15-5+,16-13+/t18-,19-,20+/m0/s1. The molecule has 3 aliphatic rings. The fourth-order valence-electron chi connectivity index (χ4n) is 4.38. The van der Waals surface area contributed by atoms with Crippen LogP contribution >= 0.6 is 0 Å². The fraction of sp³-hybridized carbons (Fsp3) is 0.714. The molecule has 2 fully saturated rings. The van der Waals surface area contributed by atoms with E-state index in [1.54, 1.807) is 6.92 Å². The molecule has 5 nitrogen and oxygen atoms in total. The van der Waals surface area contributed by atoms with Gasteiger partial charge >= 0.3 is 5.97 Å². The van der Waals surface area contributed by atoms with Gasteiger partial charge in [-0.3, -0.25) is 14.5 Å². The summed E-state index contributed by atoms with van der Waals surface area (Å²) >= 11 is 0. The van der Waals surface area contributed by atoms with Crippen molar-refractivity contribution in [2.75, 3.05) is 32.7 Å². The predicted octanol–water partition coefficient (Wildman–Crippen LogP) is 2.77. The molecule has 2 aliphatic heterocycles. The van der Waals surface area contributed by atoms with Crippen LogP contribution in [0.4, 0.5) is 0 Å². The van der Waals surface area contributed by atoms with Crippen LogP contribution in [-0.2, 0) is 14.3 Å². The van der Waals surface area contributed by atoms with Crippen molar-refractivity contribution in [1.29, 1.82) is 0 Å². The third kappa shape index (κ3) is 4.56. The normalized spacial score (nSPS) is 35.0. The molecule has 1 aliphatic carbocycles. The maximum Gasteiger partial charge on any atom is 0.311 e. The number of fused-ring (bicyclic) bond motifs is 1. The first-order chi connectivity index (χ1) is 12.4. The van der Waals surface area contributed by atoms with Crippen LogP contribution < -0.4 is 0 Å². The molecule has 2 saturated heterocycles. The minimum absolute atomic E-state index is 0.0427. The van der Waals surface area contributed by atoms with E-state index in [1.165, 1.54) is 11.1 Å². The van der Waals surface area contributed by atoms with Crippen LogP contribution in [0.5, 0.6) is 0 Å². The molecule has 0 bridgehead atoms. The molecule has 0 aromatic heterocycles. The van der Waals surface area contributed by atoms with Gasteiger partial charge in [0.15, 0.2) is 0 Å². The van der Waals surface area contributed by atoms with Crippen LogP contribution in [0.3, 0.4) is 0 Å². The largest absolute Gasteiger partial charge is 0.458 e. The molecule has 2 heterocycles. The molecule has 0 aromatic rings. The Morgan fingerprint density at radius 1 is 1.15 bits per heavy atom. The summed E-state index contributed by atoms with van der Waals surface area (Å²) < 4.78 is 5.79. The molecule has 1 amide bonds. The minimum Gasteiger partial charge on any atom is -0.458 e. The van der Waals surface area contributed by atoms with Gasteiger partial charge in [0.05, 0.1) is 5.92 Å². The average molecular weight is 360 g/mol. The summed E-state index contributed by atoms with van der Waals surface area (Å²) in [6.07, 6.45) is 8.60. The summed E-state index contributed by atoms with van der Waals surface area (Å²) in [5, 5.41) is 0. The molecule has 5 heteroatoms. The molecule has 3 atom stereocenters. The number of nitrogens with zero attached hydrogens (tertiary/aromatic N) is 2. The maximum atomic E-state index is 12.6. The van der Waals surface area contributed by atoms with Crippen LogP contribution in [0.2, 0.25) is 0 Å². The smallest absolute Gasteiger partial charge is 0.311 e. The summed E-state index contributed by atoms with van der Waals surface area (Å²) in [6, 6.07) is 0. The molecule has 0 spiro atoms. The second-order valence-corrected chi connectivity index (χ2v) is 8.12. The van der Waals surface area contributed by atoms with Crippen molar-refractivity contribution in [1.82, 2.24) is 9.80 Å². The Morgan fingerprint density at radius 2 is 1.88 bits per heavy atom. The lowest BCUT2D eigenvalue weighted by Gasteiger charge is -2.35. The van der Waals surface area contributed by atoms with Crippen molar-refractivity contribution in [2.45, 2.75) is 52.6 Å². The summed E-state index contributed by atoms with van der Waals surface area (Å²) in [7, 11) is 0. The van der Waals surface area contributed by atoms with Crippen LogP contribution in [0.25, 0.3) is 0 Å². The summed E-state index contributed by atoms with van der Waals surface area (Å²) in [6.45, 7) is 9.91. The van der Waals surface area contributed by atoms with Gasteiger partial charge in [0.25, 0.3) is 0 Å². The molecule has 144 valence electrons. The zero-order valence-electron chi connectivity index (χ0n) is 16.4. The highest BCUT2D eigenvalue weighted by Gasteiger charge is 2.44. The number of allylic oxidation sites excluding steroid dienone is 3. The molecule has 0 saturated carbocycles.